The number of aromatic nitrogens is 1. The smallest absolute Gasteiger partial charge is 0.180 e. The minimum Gasteiger partial charge on any atom is -0.505 e. The lowest BCUT2D eigenvalue weighted by molar-refractivity contribution is 0.468. The summed E-state index contributed by atoms with van der Waals surface area (Å²) in [6.45, 7) is 4.52. The Kier molecular flexibility index (Phi) is 6.93. The van der Waals surface area contributed by atoms with Crippen LogP contribution in [0.15, 0.2) is 66.0 Å². The van der Waals surface area contributed by atoms with E-state index in [-0.39, 0.29) is 40.4 Å². The van der Waals surface area contributed by atoms with Crippen molar-refractivity contribution >= 4 is 22.3 Å². The molecule has 0 amide bonds. The fraction of sp³-hybridized carbons (Fsp3) is 0.222. The predicted octanol–water partition coefficient (Wildman–Crippen LogP) is 5.97. The second kappa shape index (κ2) is 10.1. The maximum absolute atomic E-state index is 13.3. The van der Waals surface area contributed by atoms with Crippen LogP contribution >= 0.6 is 0 Å². The van der Waals surface area contributed by atoms with E-state index >= 15 is 0 Å². The van der Waals surface area contributed by atoms with Crippen LogP contribution in [0.1, 0.15) is 25.0 Å². The van der Waals surface area contributed by atoms with Gasteiger partial charge in [0.05, 0.1) is 0 Å². The number of hydrogen-bond acceptors (Lipinski definition) is 7. The normalized spacial score (nSPS) is 11.2. The summed E-state index contributed by atoms with van der Waals surface area (Å²) in [6, 6.07) is 15.7. The number of fused-ring (bicyclic) bond motifs is 1. The first-order valence-electron chi connectivity index (χ1n) is 11.4. The van der Waals surface area contributed by atoms with E-state index in [1.54, 1.807) is 24.3 Å². The number of hydrogen-bond donors (Lipinski definition) is 3. The van der Waals surface area contributed by atoms with Crippen LogP contribution in [0, 0.1) is 16.6 Å². The second-order valence-corrected chi connectivity index (χ2v) is 8.92. The zero-order valence-electron chi connectivity index (χ0n) is 19.6. The van der Waals surface area contributed by atoms with Gasteiger partial charge < -0.3 is 15.2 Å². The molecule has 1 aromatic heterocycles. The molecule has 0 aliphatic carbocycles. The van der Waals surface area contributed by atoms with Gasteiger partial charge in [0.2, 0.25) is 0 Å². The third kappa shape index (κ3) is 4.93. The van der Waals surface area contributed by atoms with E-state index in [0.717, 1.165) is 28.7 Å². The van der Waals surface area contributed by atoms with Crippen LogP contribution in [0.2, 0.25) is 0 Å². The first kappa shape index (κ1) is 24.1. The predicted molar refractivity (Wildman–Crippen MR) is 136 cm³/mol. The molecule has 4 N–H and O–H groups in total. The van der Waals surface area contributed by atoms with Gasteiger partial charge in [-0.05, 0) is 70.5 Å². The van der Waals surface area contributed by atoms with Gasteiger partial charge in [-0.15, -0.1) is 4.91 Å². The Morgan fingerprint density at radius 2 is 1.74 bits per heavy atom. The SMILES string of the molecule is CC(C)Cc1cc(-c2ccc(F)cc2)ccc1CCN(N)c1c(N=O)c(O)c2ncccc2c1O. The van der Waals surface area contributed by atoms with Gasteiger partial charge in [0, 0.05) is 18.1 Å². The molecule has 1 heterocycles. The number of phenols is 2. The summed E-state index contributed by atoms with van der Waals surface area (Å²) in [5, 5.41) is 25.7. The number of phenolic OH excluding ortho intramolecular Hbond substituents is 2. The number of hydrazine groups is 1. The highest BCUT2D eigenvalue weighted by Crippen LogP contribution is 2.48. The third-order valence-electron chi connectivity index (χ3n) is 5.97. The van der Waals surface area contributed by atoms with Gasteiger partial charge in [0.25, 0.3) is 0 Å². The van der Waals surface area contributed by atoms with Crippen molar-refractivity contribution in [2.45, 2.75) is 26.7 Å². The lowest BCUT2D eigenvalue weighted by Gasteiger charge is -2.23. The fourth-order valence-electron chi connectivity index (χ4n) is 4.28. The Labute approximate surface area is 202 Å². The highest BCUT2D eigenvalue weighted by molar-refractivity contribution is 6.01. The Balaban J connectivity index is 1.65. The van der Waals surface area contributed by atoms with Crippen LogP contribution in [-0.4, -0.2) is 21.7 Å². The average molecular weight is 475 g/mol. The molecule has 0 saturated heterocycles. The van der Waals surface area contributed by atoms with Crippen LogP contribution in [0.25, 0.3) is 22.0 Å². The van der Waals surface area contributed by atoms with Crippen molar-refractivity contribution in [1.29, 1.82) is 0 Å². The minimum atomic E-state index is -0.428. The van der Waals surface area contributed by atoms with E-state index < -0.39 is 5.75 Å². The number of nitrogens with zero attached hydrogens (tertiary/aromatic N) is 3. The Hall–Kier alpha value is -4.04. The van der Waals surface area contributed by atoms with Crippen LogP contribution in [0.3, 0.4) is 0 Å². The summed E-state index contributed by atoms with van der Waals surface area (Å²) in [5.74, 6) is 5.71. The molecule has 0 fully saturated rings. The largest absolute Gasteiger partial charge is 0.505 e. The van der Waals surface area contributed by atoms with Crippen molar-refractivity contribution in [3.8, 4) is 22.6 Å². The topological polar surface area (TPSA) is 112 Å². The molecule has 180 valence electrons. The van der Waals surface area contributed by atoms with Gasteiger partial charge in [0.1, 0.15) is 17.0 Å². The maximum Gasteiger partial charge on any atom is 0.180 e. The molecule has 0 aliphatic heterocycles. The molecular formula is C27H27FN4O3. The Morgan fingerprint density at radius 1 is 1.03 bits per heavy atom. The standard InChI is InChI=1S/C27H27FN4O3/c1-16(2)14-20-15-19(17-7-9-21(28)10-8-17)6-5-18(20)11-13-32(29)25-24(31-35)27(34)23-22(26(25)33)4-3-12-30-23/h3-10,12,15-16,33-34H,11,13-14,29H2,1-2H3. The molecule has 4 rings (SSSR count). The molecule has 7 nitrogen and oxygen atoms in total. The molecule has 0 radical (unpaired) electrons. The molecule has 0 saturated carbocycles. The molecule has 0 bridgehead atoms. The van der Waals surface area contributed by atoms with Crippen LogP contribution in [0.4, 0.5) is 15.8 Å². The van der Waals surface area contributed by atoms with Crippen molar-refractivity contribution < 1.29 is 14.6 Å². The molecule has 8 heteroatoms. The average Bonchev–Trinajstić information content (AvgIpc) is 2.85. The fourth-order valence-corrected chi connectivity index (χ4v) is 4.28. The minimum absolute atomic E-state index is 0.0497. The number of anilines is 1. The van der Waals surface area contributed by atoms with E-state index in [0.29, 0.717) is 12.3 Å². The second-order valence-electron chi connectivity index (χ2n) is 8.92. The van der Waals surface area contributed by atoms with E-state index in [1.807, 2.05) is 12.1 Å². The number of rotatable bonds is 8. The maximum atomic E-state index is 13.3. The monoisotopic (exact) mass is 474 g/mol. The van der Waals surface area contributed by atoms with Gasteiger partial charge in [-0.25, -0.2) is 10.2 Å². The van der Waals surface area contributed by atoms with Crippen molar-refractivity contribution in [2.24, 2.45) is 16.9 Å². The van der Waals surface area contributed by atoms with Crippen LogP contribution < -0.4 is 10.9 Å². The summed E-state index contributed by atoms with van der Waals surface area (Å²) in [6.07, 6.45) is 2.80. The number of nitrogens with two attached hydrogens (primary N) is 1. The summed E-state index contributed by atoms with van der Waals surface area (Å²) < 4.78 is 13.3. The lowest BCUT2D eigenvalue weighted by Crippen LogP contribution is -2.33. The summed E-state index contributed by atoms with van der Waals surface area (Å²) in [7, 11) is 0. The zero-order valence-corrected chi connectivity index (χ0v) is 19.6. The van der Waals surface area contributed by atoms with E-state index in [4.69, 9.17) is 5.84 Å². The van der Waals surface area contributed by atoms with E-state index in [2.05, 4.69) is 30.1 Å². The van der Waals surface area contributed by atoms with Gasteiger partial charge in [0.15, 0.2) is 17.2 Å². The van der Waals surface area contributed by atoms with Gasteiger partial charge in [-0.1, -0.05) is 44.2 Å². The number of halogens is 1. The van der Waals surface area contributed by atoms with E-state index in [1.165, 1.54) is 23.3 Å². The first-order chi connectivity index (χ1) is 16.8. The van der Waals surface area contributed by atoms with Crippen LogP contribution in [0.5, 0.6) is 11.5 Å². The summed E-state index contributed by atoms with van der Waals surface area (Å²) in [4.78, 5) is 15.6. The molecule has 0 aliphatic rings. The Bertz CT molecular complexity index is 1370. The number of nitroso groups, excluding NO2 is 1. The van der Waals surface area contributed by atoms with Crippen molar-refractivity contribution in [3.05, 3.63) is 82.6 Å². The number of aromatic hydroxyl groups is 2. The van der Waals surface area contributed by atoms with Crippen molar-refractivity contribution in [2.75, 3.05) is 11.6 Å². The third-order valence-corrected chi connectivity index (χ3v) is 5.97. The molecule has 0 atom stereocenters. The molecule has 3 aromatic carbocycles. The number of pyridine rings is 1. The highest BCUT2D eigenvalue weighted by atomic mass is 19.1. The van der Waals surface area contributed by atoms with E-state index in [9.17, 15) is 19.5 Å². The molecular weight excluding hydrogens is 447 g/mol. The van der Waals surface area contributed by atoms with Gasteiger partial charge in [-0.3, -0.25) is 4.98 Å². The Morgan fingerprint density at radius 3 is 2.43 bits per heavy atom. The first-order valence-corrected chi connectivity index (χ1v) is 11.4. The molecule has 0 spiro atoms. The summed E-state index contributed by atoms with van der Waals surface area (Å²) in [5.41, 5.74) is 3.79. The summed E-state index contributed by atoms with van der Waals surface area (Å²) >= 11 is 0. The number of benzene rings is 3. The molecule has 4 aromatic rings. The van der Waals surface area contributed by atoms with Crippen molar-refractivity contribution in [3.63, 3.8) is 0 Å². The lowest BCUT2D eigenvalue weighted by atomic mass is 9.92. The van der Waals surface area contributed by atoms with Crippen LogP contribution in [-0.2, 0) is 12.8 Å². The van der Waals surface area contributed by atoms with Crippen molar-refractivity contribution in [1.82, 2.24) is 4.98 Å². The zero-order chi connectivity index (χ0) is 25.1. The molecule has 35 heavy (non-hydrogen) atoms. The quantitative estimate of drug-likeness (QED) is 0.125. The molecule has 0 unspecified atom stereocenters. The highest BCUT2D eigenvalue weighted by Gasteiger charge is 2.24. The van der Waals surface area contributed by atoms with Gasteiger partial charge in [-0.2, -0.15) is 0 Å². The van der Waals surface area contributed by atoms with Gasteiger partial charge >= 0.3 is 0 Å².